The summed E-state index contributed by atoms with van der Waals surface area (Å²) < 4.78 is 28.4. The molecule has 29 heavy (non-hydrogen) atoms. The minimum Gasteiger partial charge on any atom is -0.494 e. The third-order valence-corrected chi connectivity index (χ3v) is 7.19. The number of hydrogen-bond acceptors (Lipinski definition) is 6. The first-order valence-electron chi connectivity index (χ1n) is 10.1. The topological polar surface area (TPSA) is 85.4 Å². The Kier molecular flexibility index (Phi) is 7.66. The number of fused-ring (bicyclic) bond motifs is 1. The number of aromatic nitrogens is 1. The molecule has 2 aromatic rings. The molecule has 0 saturated carbocycles. The number of ether oxygens (including phenoxy) is 1. The Labute approximate surface area is 176 Å². The van der Waals surface area contributed by atoms with Crippen LogP contribution in [0.15, 0.2) is 29.2 Å². The smallest absolute Gasteiger partial charge is 0.220 e. The van der Waals surface area contributed by atoms with Gasteiger partial charge in [0.05, 0.1) is 22.2 Å². The number of nitrogens with zero attached hydrogens (tertiary/aromatic N) is 1. The molecule has 1 aliphatic carbocycles. The summed E-state index contributed by atoms with van der Waals surface area (Å²) in [6, 6.07) is 6.31. The second kappa shape index (κ2) is 10.2. The van der Waals surface area contributed by atoms with Gasteiger partial charge in [0, 0.05) is 30.5 Å². The number of thiazole rings is 1. The molecule has 1 aromatic carbocycles. The molecule has 6 nitrogen and oxygen atoms in total. The maximum Gasteiger partial charge on any atom is 0.220 e. The van der Waals surface area contributed by atoms with E-state index in [9.17, 15) is 13.2 Å². The number of aryl methyl sites for hydroxylation is 3. The SMILES string of the molecule is CS(=O)(=O)c1ccc(OCCCC(=O)NCCCc2nc3c(s2)CCCC3)cc1. The van der Waals surface area contributed by atoms with Gasteiger partial charge in [-0.3, -0.25) is 4.79 Å². The first-order valence-corrected chi connectivity index (χ1v) is 12.8. The zero-order valence-electron chi connectivity index (χ0n) is 16.8. The van der Waals surface area contributed by atoms with Gasteiger partial charge in [-0.2, -0.15) is 0 Å². The average molecular weight is 437 g/mol. The minimum atomic E-state index is -3.20. The highest BCUT2D eigenvalue weighted by molar-refractivity contribution is 7.90. The predicted molar refractivity (Wildman–Crippen MR) is 114 cm³/mol. The summed E-state index contributed by atoms with van der Waals surface area (Å²) in [5.74, 6) is 0.628. The number of carbonyl (C=O) groups is 1. The Hall–Kier alpha value is -1.93. The number of sulfone groups is 1. The average Bonchev–Trinajstić information content (AvgIpc) is 3.11. The molecule has 1 aliphatic rings. The van der Waals surface area contributed by atoms with Gasteiger partial charge >= 0.3 is 0 Å². The van der Waals surface area contributed by atoms with E-state index in [1.807, 2.05) is 11.3 Å². The largest absolute Gasteiger partial charge is 0.494 e. The lowest BCUT2D eigenvalue weighted by molar-refractivity contribution is -0.121. The van der Waals surface area contributed by atoms with Gasteiger partial charge in [-0.15, -0.1) is 11.3 Å². The van der Waals surface area contributed by atoms with Crippen LogP contribution in [0, 0.1) is 0 Å². The molecule has 0 atom stereocenters. The summed E-state index contributed by atoms with van der Waals surface area (Å²) in [5, 5.41) is 4.15. The molecule has 1 N–H and O–H groups in total. The molecule has 1 aromatic heterocycles. The van der Waals surface area contributed by atoms with Gasteiger partial charge in [-0.25, -0.2) is 13.4 Å². The van der Waals surface area contributed by atoms with E-state index < -0.39 is 9.84 Å². The summed E-state index contributed by atoms with van der Waals surface area (Å²) in [5.41, 5.74) is 1.30. The molecule has 0 aliphatic heterocycles. The van der Waals surface area contributed by atoms with Crippen LogP contribution in [-0.4, -0.2) is 38.7 Å². The van der Waals surface area contributed by atoms with Crippen LogP contribution < -0.4 is 10.1 Å². The van der Waals surface area contributed by atoms with Crippen molar-refractivity contribution < 1.29 is 17.9 Å². The summed E-state index contributed by atoms with van der Waals surface area (Å²) in [7, 11) is -3.20. The highest BCUT2D eigenvalue weighted by atomic mass is 32.2. The fourth-order valence-electron chi connectivity index (χ4n) is 3.27. The third-order valence-electron chi connectivity index (χ3n) is 4.85. The fraction of sp³-hybridized carbons (Fsp3) is 0.524. The quantitative estimate of drug-likeness (QED) is 0.578. The van der Waals surface area contributed by atoms with Crippen LogP contribution in [-0.2, 0) is 33.9 Å². The molecular weight excluding hydrogens is 408 g/mol. The second-order valence-electron chi connectivity index (χ2n) is 7.33. The van der Waals surface area contributed by atoms with Gasteiger partial charge in [0.2, 0.25) is 5.91 Å². The molecule has 158 valence electrons. The standard InChI is InChI=1S/C21H28N2O4S2/c1-29(25,26)17-12-10-16(11-13-17)27-15-5-8-20(24)22-14-4-9-21-23-18-6-2-3-7-19(18)28-21/h10-13H,2-9,14-15H2,1H3,(H,22,24). The monoisotopic (exact) mass is 436 g/mol. The van der Waals surface area contributed by atoms with Crippen molar-refractivity contribution >= 4 is 27.1 Å². The molecule has 0 spiro atoms. The Balaban J connectivity index is 1.27. The van der Waals surface area contributed by atoms with Crippen LogP contribution >= 0.6 is 11.3 Å². The summed E-state index contributed by atoms with van der Waals surface area (Å²) in [4.78, 5) is 18.4. The lowest BCUT2D eigenvalue weighted by Crippen LogP contribution is -2.24. The number of amides is 1. The molecule has 3 rings (SSSR count). The minimum absolute atomic E-state index is 0.0273. The summed E-state index contributed by atoms with van der Waals surface area (Å²) in [6.45, 7) is 1.08. The van der Waals surface area contributed by atoms with Gasteiger partial charge in [0.25, 0.3) is 0 Å². The molecule has 0 saturated heterocycles. The normalized spacial score (nSPS) is 13.7. The van der Waals surface area contributed by atoms with E-state index in [0.717, 1.165) is 19.3 Å². The van der Waals surface area contributed by atoms with E-state index in [1.54, 1.807) is 12.1 Å². The Bertz CT molecular complexity index is 897. The zero-order valence-corrected chi connectivity index (χ0v) is 18.4. The zero-order chi connectivity index (χ0) is 20.7. The lowest BCUT2D eigenvalue weighted by atomic mass is 10.0. The lowest BCUT2D eigenvalue weighted by Gasteiger charge is -2.07. The van der Waals surface area contributed by atoms with E-state index in [2.05, 4.69) is 5.32 Å². The number of benzene rings is 1. The van der Waals surface area contributed by atoms with Gasteiger partial charge in [-0.05, 0) is 62.8 Å². The van der Waals surface area contributed by atoms with E-state index in [4.69, 9.17) is 9.72 Å². The van der Waals surface area contributed by atoms with Crippen LogP contribution in [0.2, 0.25) is 0 Å². The molecule has 0 bridgehead atoms. The van der Waals surface area contributed by atoms with E-state index >= 15 is 0 Å². The molecule has 0 fully saturated rings. The van der Waals surface area contributed by atoms with Crippen molar-refractivity contribution in [1.29, 1.82) is 0 Å². The first-order chi connectivity index (χ1) is 13.9. The third kappa shape index (κ3) is 6.82. The summed E-state index contributed by atoms with van der Waals surface area (Å²) in [6.07, 6.45) is 8.84. The van der Waals surface area contributed by atoms with Crippen molar-refractivity contribution in [3.05, 3.63) is 39.8 Å². The summed E-state index contributed by atoms with van der Waals surface area (Å²) >= 11 is 1.84. The molecule has 1 heterocycles. The highest BCUT2D eigenvalue weighted by Gasteiger charge is 2.14. The highest BCUT2D eigenvalue weighted by Crippen LogP contribution is 2.27. The van der Waals surface area contributed by atoms with Crippen molar-refractivity contribution in [3.8, 4) is 5.75 Å². The van der Waals surface area contributed by atoms with Crippen molar-refractivity contribution in [2.45, 2.75) is 56.3 Å². The first kappa shape index (κ1) is 21.8. The van der Waals surface area contributed by atoms with E-state index in [1.165, 1.54) is 53.2 Å². The van der Waals surface area contributed by atoms with Gasteiger partial charge in [0.15, 0.2) is 9.84 Å². The van der Waals surface area contributed by atoms with Crippen molar-refractivity contribution in [2.24, 2.45) is 0 Å². The maximum atomic E-state index is 11.9. The van der Waals surface area contributed by atoms with E-state index in [-0.39, 0.29) is 10.8 Å². The Morgan fingerprint density at radius 1 is 1.17 bits per heavy atom. The predicted octanol–water partition coefficient (Wildman–Crippen LogP) is 3.33. The number of hydrogen-bond donors (Lipinski definition) is 1. The molecule has 0 radical (unpaired) electrons. The van der Waals surface area contributed by atoms with Crippen LogP contribution in [0.5, 0.6) is 5.75 Å². The molecule has 8 heteroatoms. The molecular formula is C21H28N2O4S2. The van der Waals surface area contributed by atoms with Crippen LogP contribution in [0.3, 0.4) is 0 Å². The van der Waals surface area contributed by atoms with Crippen LogP contribution in [0.4, 0.5) is 0 Å². The maximum absolute atomic E-state index is 11.9. The molecule has 1 amide bonds. The number of rotatable bonds is 10. The van der Waals surface area contributed by atoms with Crippen molar-refractivity contribution in [2.75, 3.05) is 19.4 Å². The fourth-order valence-corrected chi connectivity index (χ4v) is 5.10. The van der Waals surface area contributed by atoms with Crippen molar-refractivity contribution in [1.82, 2.24) is 10.3 Å². The Morgan fingerprint density at radius 3 is 2.66 bits per heavy atom. The van der Waals surface area contributed by atoms with Gasteiger partial charge in [-0.1, -0.05) is 0 Å². The molecule has 0 unspecified atom stereocenters. The number of nitrogens with one attached hydrogen (secondary N) is 1. The van der Waals surface area contributed by atoms with E-state index in [0.29, 0.717) is 31.7 Å². The Morgan fingerprint density at radius 2 is 1.93 bits per heavy atom. The van der Waals surface area contributed by atoms with Crippen LogP contribution in [0.25, 0.3) is 0 Å². The second-order valence-corrected chi connectivity index (χ2v) is 10.5. The number of carbonyl (C=O) groups excluding carboxylic acids is 1. The van der Waals surface area contributed by atoms with Gasteiger partial charge < -0.3 is 10.1 Å². The van der Waals surface area contributed by atoms with Gasteiger partial charge in [0.1, 0.15) is 5.75 Å². The van der Waals surface area contributed by atoms with Crippen molar-refractivity contribution in [3.63, 3.8) is 0 Å². The van der Waals surface area contributed by atoms with Crippen LogP contribution in [0.1, 0.15) is 47.7 Å².